The van der Waals surface area contributed by atoms with Crippen molar-refractivity contribution in [2.24, 2.45) is 22.2 Å². The number of rotatable bonds is 3. The number of ketones is 1. The summed E-state index contributed by atoms with van der Waals surface area (Å²) in [6, 6.07) is 5.41. The zero-order chi connectivity index (χ0) is 30.0. The fourth-order valence-electron chi connectivity index (χ4n) is 6.26. The van der Waals surface area contributed by atoms with Crippen LogP contribution < -0.4 is 5.56 Å². The Bertz CT molecular complexity index is 1570. The molecule has 6 nitrogen and oxygen atoms in total. The Morgan fingerprint density at radius 3 is 2.37 bits per heavy atom. The van der Waals surface area contributed by atoms with Crippen LogP contribution in [0.3, 0.4) is 0 Å². The third-order valence-corrected chi connectivity index (χ3v) is 9.26. The van der Waals surface area contributed by atoms with E-state index in [2.05, 4.69) is 67.3 Å². The summed E-state index contributed by atoms with van der Waals surface area (Å²) in [5, 5.41) is 11.5. The van der Waals surface area contributed by atoms with E-state index in [0.29, 0.717) is 11.8 Å². The van der Waals surface area contributed by atoms with Gasteiger partial charge in [-0.3, -0.25) is 19.6 Å². The summed E-state index contributed by atoms with van der Waals surface area (Å²) in [5.74, 6) is 0.931. The van der Waals surface area contributed by atoms with E-state index in [1.807, 2.05) is 41.5 Å². The Hall–Kier alpha value is -2.37. The average molecular weight is 737 g/mol. The summed E-state index contributed by atoms with van der Waals surface area (Å²) < 4.78 is 2.18. The smallest absolute Gasteiger partial charge is 0.264 e. The molecule has 225 valence electrons. The molecule has 1 N–H and O–H groups in total. The van der Waals surface area contributed by atoms with Gasteiger partial charge in [0.1, 0.15) is 5.76 Å². The van der Waals surface area contributed by atoms with Gasteiger partial charge in [-0.1, -0.05) is 82.2 Å². The van der Waals surface area contributed by atoms with Gasteiger partial charge in [-0.05, 0) is 54.6 Å². The van der Waals surface area contributed by atoms with Crippen molar-refractivity contribution in [2.75, 3.05) is 0 Å². The molecule has 3 aromatic heterocycles. The molecular weight excluding hydrogens is 691 g/mol. The van der Waals surface area contributed by atoms with Crippen LogP contribution in [0.15, 0.2) is 35.1 Å². The van der Waals surface area contributed by atoms with Crippen molar-refractivity contribution in [3.63, 3.8) is 0 Å². The summed E-state index contributed by atoms with van der Waals surface area (Å²) >= 11 is 0. The molecule has 2 aliphatic carbocycles. The Morgan fingerprint density at radius 2 is 1.80 bits per heavy atom. The van der Waals surface area contributed by atoms with Crippen LogP contribution in [0.2, 0.25) is 0 Å². The first kappa shape index (κ1) is 33.1. The Balaban J connectivity index is 0.000000284. The SMILES string of the molecule is CC(C)(C)C(=O)C=C(O)C(C)(C)C.CC(C)Cc1nc[c-]c2c1ccn1c3c(c(=O)nc21)C1CCC3(C)C1(C)C.[Ir]. The van der Waals surface area contributed by atoms with Crippen molar-refractivity contribution in [2.45, 2.75) is 107 Å². The summed E-state index contributed by atoms with van der Waals surface area (Å²) in [4.78, 5) is 33.7. The maximum atomic E-state index is 13.1. The zero-order valence-corrected chi connectivity index (χ0v) is 28.9. The first-order chi connectivity index (χ1) is 18.3. The molecule has 41 heavy (non-hydrogen) atoms. The molecule has 5 rings (SSSR count). The molecule has 0 saturated heterocycles. The maximum Gasteiger partial charge on any atom is 0.264 e. The zero-order valence-electron chi connectivity index (χ0n) is 26.5. The number of carbonyl (C=O) groups excluding carboxylic acids is 1. The molecule has 3 aromatic rings. The molecule has 0 amide bonds. The number of pyridine rings is 2. The summed E-state index contributed by atoms with van der Waals surface area (Å²) in [5.41, 5.74) is 3.18. The number of aromatic nitrogens is 3. The molecule has 1 saturated carbocycles. The van der Waals surface area contributed by atoms with Crippen LogP contribution in [-0.4, -0.2) is 25.3 Å². The molecule has 2 bridgehead atoms. The number of fused-ring (bicyclic) bond motifs is 9. The Kier molecular flexibility index (Phi) is 8.92. The topological polar surface area (TPSA) is 84.6 Å². The van der Waals surface area contributed by atoms with Crippen LogP contribution in [0, 0.1) is 28.2 Å². The summed E-state index contributed by atoms with van der Waals surface area (Å²) in [7, 11) is 0. The van der Waals surface area contributed by atoms with Crippen molar-refractivity contribution >= 4 is 22.2 Å². The molecule has 3 heterocycles. The van der Waals surface area contributed by atoms with Crippen LogP contribution in [-0.2, 0) is 36.7 Å². The number of hydrogen-bond acceptors (Lipinski definition) is 5. The van der Waals surface area contributed by atoms with Gasteiger partial charge >= 0.3 is 0 Å². The average Bonchev–Trinajstić information content (AvgIpc) is 3.16. The second-order valence-corrected chi connectivity index (χ2v) is 15.0. The summed E-state index contributed by atoms with van der Waals surface area (Å²) in [6.07, 6.45) is 8.28. The second kappa shape index (κ2) is 11.0. The maximum absolute atomic E-state index is 13.1. The number of hydrogen-bond donors (Lipinski definition) is 1. The van der Waals surface area contributed by atoms with Crippen LogP contribution in [0.1, 0.15) is 112 Å². The Labute approximate surface area is 258 Å². The predicted molar refractivity (Wildman–Crippen MR) is 162 cm³/mol. The van der Waals surface area contributed by atoms with E-state index < -0.39 is 5.41 Å². The van der Waals surface area contributed by atoms with Crippen LogP contribution in [0.4, 0.5) is 0 Å². The van der Waals surface area contributed by atoms with Crippen molar-refractivity contribution in [3.8, 4) is 0 Å². The number of carbonyl (C=O) groups is 1. The van der Waals surface area contributed by atoms with Crippen molar-refractivity contribution < 1.29 is 30.0 Å². The number of nitrogens with zero attached hydrogens (tertiary/aromatic N) is 3. The van der Waals surface area contributed by atoms with Crippen LogP contribution in [0.5, 0.6) is 0 Å². The minimum absolute atomic E-state index is 0. The van der Waals surface area contributed by atoms with Gasteiger partial charge in [-0.25, -0.2) is 0 Å². The molecule has 0 aliphatic heterocycles. The van der Waals surface area contributed by atoms with Gasteiger partial charge < -0.3 is 9.51 Å². The molecule has 1 fully saturated rings. The number of allylic oxidation sites excluding steroid dienone is 2. The standard InChI is InChI=1S/C23H26N3O.C11H20O2.Ir/c1-13(2)12-17-14-8-11-26-19-18(16-6-9-23(19,5)22(16,3)4)21(27)25-20(26)15(14)7-10-24-17;1-10(2,3)8(12)7-9(13)11(4,5)6;/h8,10-11,13,16H,6,9,12H2,1-5H3;7,12H,1-6H3;/q-1;;. The van der Waals surface area contributed by atoms with Gasteiger partial charge in [0.15, 0.2) is 5.78 Å². The van der Waals surface area contributed by atoms with Crippen molar-refractivity contribution in [1.82, 2.24) is 14.4 Å². The molecule has 2 aliphatic rings. The van der Waals surface area contributed by atoms with Gasteiger partial charge in [0.2, 0.25) is 0 Å². The van der Waals surface area contributed by atoms with Crippen molar-refractivity contribution in [3.05, 3.63) is 63.7 Å². The van der Waals surface area contributed by atoms with Gasteiger partial charge in [0, 0.05) is 59.3 Å². The molecule has 1 radical (unpaired) electrons. The number of aliphatic hydroxyl groups is 1. The molecule has 2 unspecified atom stereocenters. The molecule has 2 atom stereocenters. The van der Waals surface area contributed by atoms with Gasteiger partial charge in [-0.2, -0.15) is 6.07 Å². The quantitative estimate of drug-likeness (QED) is 0.130. The molecule has 0 spiro atoms. The minimum atomic E-state index is -0.417. The van der Waals surface area contributed by atoms with E-state index in [1.165, 1.54) is 11.8 Å². The first-order valence-electron chi connectivity index (χ1n) is 14.5. The van der Waals surface area contributed by atoms with Crippen LogP contribution >= 0.6 is 0 Å². The fraction of sp³-hybridized carbons (Fsp3) is 0.588. The van der Waals surface area contributed by atoms with E-state index >= 15 is 0 Å². The minimum Gasteiger partial charge on any atom is -0.512 e. The van der Waals surface area contributed by atoms with E-state index in [9.17, 15) is 14.7 Å². The number of aliphatic hydroxyl groups excluding tert-OH is 1. The van der Waals surface area contributed by atoms with Gasteiger partial charge in [-0.15, -0.1) is 10.8 Å². The largest absolute Gasteiger partial charge is 0.512 e. The van der Waals surface area contributed by atoms with E-state index in [4.69, 9.17) is 0 Å². The van der Waals surface area contributed by atoms with Crippen LogP contribution in [0.25, 0.3) is 16.4 Å². The fourth-order valence-corrected chi connectivity index (χ4v) is 6.26. The third-order valence-electron chi connectivity index (χ3n) is 9.26. The van der Waals surface area contributed by atoms with Gasteiger partial charge in [0.05, 0.1) is 0 Å². The van der Waals surface area contributed by atoms with E-state index in [1.54, 1.807) is 6.20 Å². The normalized spacial score (nSPS) is 21.5. The van der Waals surface area contributed by atoms with Gasteiger partial charge in [0.25, 0.3) is 5.56 Å². The first-order valence-corrected chi connectivity index (χ1v) is 14.5. The van der Waals surface area contributed by atoms with E-state index in [-0.39, 0.29) is 53.5 Å². The molecular formula is C34H46IrN3O3-. The molecule has 0 aromatic carbocycles. The van der Waals surface area contributed by atoms with E-state index in [0.717, 1.165) is 46.9 Å². The monoisotopic (exact) mass is 737 g/mol. The second-order valence-electron chi connectivity index (χ2n) is 15.0. The summed E-state index contributed by atoms with van der Waals surface area (Å²) in [6.45, 7) is 22.5. The predicted octanol–water partition coefficient (Wildman–Crippen LogP) is 7.50. The molecule has 7 heteroatoms. The Morgan fingerprint density at radius 1 is 1.17 bits per heavy atom. The van der Waals surface area contributed by atoms with Crippen molar-refractivity contribution in [1.29, 1.82) is 0 Å². The third kappa shape index (κ3) is 5.69.